The highest BCUT2D eigenvalue weighted by atomic mass is 32.2. The molecule has 0 unspecified atom stereocenters. The highest BCUT2D eigenvalue weighted by Gasteiger charge is 2.35. The minimum Gasteiger partial charge on any atom is -0.497 e. The Hall–Kier alpha value is -2.13. The van der Waals surface area contributed by atoms with Crippen LogP contribution in [0, 0.1) is 5.92 Å². The lowest BCUT2D eigenvalue weighted by molar-refractivity contribution is -0.126. The Morgan fingerprint density at radius 3 is 2.78 bits per heavy atom. The summed E-state index contributed by atoms with van der Waals surface area (Å²) in [6, 6.07) is 7.17. The molecule has 1 aromatic rings. The minimum absolute atomic E-state index is 0.0994. The van der Waals surface area contributed by atoms with Crippen molar-refractivity contribution in [3.05, 3.63) is 24.3 Å². The molecule has 0 bridgehead atoms. The lowest BCUT2D eigenvalue weighted by Gasteiger charge is -2.18. The maximum atomic E-state index is 12.4. The summed E-state index contributed by atoms with van der Waals surface area (Å²) < 4.78 is 29.6. The molecule has 8 nitrogen and oxygen atoms in total. The average molecular weight is 397 g/mol. The van der Waals surface area contributed by atoms with Crippen LogP contribution in [0.15, 0.2) is 24.3 Å². The number of carbonyl (C=O) groups excluding carboxylic acids is 2. The maximum Gasteiger partial charge on any atom is 0.227 e. The van der Waals surface area contributed by atoms with Crippen LogP contribution in [-0.2, 0) is 19.6 Å². The van der Waals surface area contributed by atoms with Gasteiger partial charge in [-0.15, -0.1) is 0 Å². The summed E-state index contributed by atoms with van der Waals surface area (Å²) in [6.45, 7) is 3.22. The van der Waals surface area contributed by atoms with Gasteiger partial charge in [-0.2, -0.15) is 0 Å². The standard InChI is InChI=1S/C18H27N3O5S/c1-4-20(27(3,24)25)10-6-9-19-18(23)14-11-17(22)21(13-14)15-7-5-8-16(12-15)26-2/h5,7-8,12,14H,4,6,9-11,13H2,1-3H3,(H,19,23)/t14-/m0/s1. The first kappa shape index (κ1) is 21.2. The molecule has 2 rings (SSSR count). The quantitative estimate of drug-likeness (QED) is 0.623. The van der Waals surface area contributed by atoms with E-state index in [9.17, 15) is 18.0 Å². The predicted octanol–water partition coefficient (Wildman–Crippen LogP) is 0.836. The third-order valence-corrected chi connectivity index (χ3v) is 5.94. The average Bonchev–Trinajstić information content (AvgIpc) is 3.02. The van der Waals surface area contributed by atoms with E-state index < -0.39 is 15.9 Å². The van der Waals surface area contributed by atoms with Crippen molar-refractivity contribution in [3.8, 4) is 5.75 Å². The van der Waals surface area contributed by atoms with Crippen LogP contribution in [0.1, 0.15) is 19.8 Å². The molecule has 0 spiro atoms. The number of methoxy groups -OCH3 is 1. The Morgan fingerprint density at radius 1 is 1.41 bits per heavy atom. The molecule has 1 heterocycles. The van der Waals surface area contributed by atoms with Crippen LogP contribution in [0.5, 0.6) is 5.75 Å². The van der Waals surface area contributed by atoms with Crippen LogP contribution < -0.4 is 15.0 Å². The van der Waals surface area contributed by atoms with E-state index in [-0.39, 0.29) is 18.2 Å². The molecule has 27 heavy (non-hydrogen) atoms. The summed E-state index contributed by atoms with van der Waals surface area (Å²) in [4.78, 5) is 26.2. The Labute approximate surface area is 160 Å². The van der Waals surface area contributed by atoms with Gasteiger partial charge in [0.15, 0.2) is 0 Å². The fraction of sp³-hybridized carbons (Fsp3) is 0.556. The van der Waals surface area contributed by atoms with Gasteiger partial charge in [-0.3, -0.25) is 9.59 Å². The van der Waals surface area contributed by atoms with Crippen LogP contribution in [-0.4, -0.2) is 64.1 Å². The lowest BCUT2D eigenvalue weighted by Crippen LogP contribution is -2.36. The second-order valence-electron chi connectivity index (χ2n) is 6.51. The van der Waals surface area contributed by atoms with Crippen molar-refractivity contribution in [1.29, 1.82) is 0 Å². The van der Waals surface area contributed by atoms with Crippen LogP contribution in [0.3, 0.4) is 0 Å². The van der Waals surface area contributed by atoms with Gasteiger partial charge in [-0.25, -0.2) is 12.7 Å². The molecule has 1 aromatic carbocycles. The summed E-state index contributed by atoms with van der Waals surface area (Å²) in [5, 5.41) is 2.81. The second-order valence-corrected chi connectivity index (χ2v) is 8.49. The molecule has 150 valence electrons. The van der Waals surface area contributed by atoms with E-state index in [0.717, 1.165) is 0 Å². The summed E-state index contributed by atoms with van der Waals surface area (Å²) >= 11 is 0. The molecule has 1 N–H and O–H groups in total. The number of nitrogens with zero attached hydrogens (tertiary/aromatic N) is 2. The van der Waals surface area contributed by atoms with Gasteiger partial charge in [0, 0.05) is 44.4 Å². The smallest absolute Gasteiger partial charge is 0.227 e. The first-order valence-corrected chi connectivity index (χ1v) is 10.8. The zero-order valence-corrected chi connectivity index (χ0v) is 16.8. The van der Waals surface area contributed by atoms with Crippen molar-refractivity contribution in [2.24, 2.45) is 5.92 Å². The first-order chi connectivity index (χ1) is 12.8. The molecular formula is C18H27N3O5S. The van der Waals surface area contributed by atoms with E-state index in [4.69, 9.17) is 4.74 Å². The summed E-state index contributed by atoms with van der Waals surface area (Å²) in [5.74, 6) is -0.0470. The van der Waals surface area contributed by atoms with E-state index >= 15 is 0 Å². The van der Waals surface area contributed by atoms with Crippen LogP contribution in [0.25, 0.3) is 0 Å². The van der Waals surface area contributed by atoms with Crippen molar-refractivity contribution in [1.82, 2.24) is 9.62 Å². The Morgan fingerprint density at radius 2 is 2.15 bits per heavy atom. The zero-order valence-electron chi connectivity index (χ0n) is 16.0. The largest absolute Gasteiger partial charge is 0.497 e. The van der Waals surface area contributed by atoms with Crippen molar-refractivity contribution < 1.29 is 22.7 Å². The number of carbonyl (C=O) groups is 2. The molecule has 0 aliphatic carbocycles. The number of amides is 2. The number of hydrogen-bond donors (Lipinski definition) is 1. The zero-order chi connectivity index (χ0) is 20.0. The Balaban J connectivity index is 1.85. The number of rotatable bonds is 9. The summed E-state index contributed by atoms with van der Waals surface area (Å²) in [6.07, 6.45) is 1.85. The van der Waals surface area contributed by atoms with Gasteiger partial charge >= 0.3 is 0 Å². The molecule has 1 atom stereocenters. The normalized spacial score (nSPS) is 17.4. The fourth-order valence-corrected chi connectivity index (χ4v) is 4.01. The second kappa shape index (κ2) is 9.18. The highest BCUT2D eigenvalue weighted by Crippen LogP contribution is 2.27. The van der Waals surface area contributed by atoms with Crippen molar-refractivity contribution in [2.45, 2.75) is 19.8 Å². The van der Waals surface area contributed by atoms with Crippen LogP contribution in [0.2, 0.25) is 0 Å². The first-order valence-electron chi connectivity index (χ1n) is 8.93. The van der Waals surface area contributed by atoms with Crippen LogP contribution in [0.4, 0.5) is 5.69 Å². The molecule has 9 heteroatoms. The number of benzene rings is 1. The van der Waals surface area contributed by atoms with Gasteiger partial charge in [-0.05, 0) is 18.6 Å². The van der Waals surface area contributed by atoms with E-state index in [2.05, 4.69) is 5.32 Å². The van der Waals surface area contributed by atoms with Gasteiger partial charge in [-0.1, -0.05) is 13.0 Å². The van der Waals surface area contributed by atoms with Gasteiger partial charge in [0.05, 0.1) is 19.3 Å². The molecule has 1 aliphatic heterocycles. The molecule has 1 saturated heterocycles. The van der Waals surface area contributed by atoms with Gasteiger partial charge < -0.3 is 15.0 Å². The third kappa shape index (κ3) is 5.67. The van der Waals surface area contributed by atoms with Gasteiger partial charge in [0.1, 0.15) is 5.75 Å². The fourth-order valence-electron chi connectivity index (χ4n) is 3.08. The number of nitrogens with one attached hydrogen (secondary N) is 1. The van der Waals surface area contributed by atoms with Gasteiger partial charge in [0.25, 0.3) is 0 Å². The van der Waals surface area contributed by atoms with Crippen molar-refractivity contribution >= 4 is 27.5 Å². The number of hydrogen-bond acceptors (Lipinski definition) is 5. The van der Waals surface area contributed by atoms with E-state index in [1.807, 2.05) is 6.07 Å². The summed E-state index contributed by atoms with van der Waals surface area (Å²) in [5.41, 5.74) is 0.710. The topological polar surface area (TPSA) is 96.0 Å². The number of anilines is 1. The minimum atomic E-state index is -3.22. The van der Waals surface area contributed by atoms with Crippen LogP contribution >= 0.6 is 0 Å². The Kier molecular flexibility index (Phi) is 7.20. The lowest BCUT2D eigenvalue weighted by atomic mass is 10.1. The summed E-state index contributed by atoms with van der Waals surface area (Å²) in [7, 11) is -1.66. The van der Waals surface area contributed by atoms with Crippen molar-refractivity contribution in [3.63, 3.8) is 0 Å². The number of sulfonamides is 1. The Bertz CT molecular complexity index is 781. The van der Waals surface area contributed by atoms with E-state index in [1.54, 1.807) is 37.1 Å². The molecular weight excluding hydrogens is 370 g/mol. The molecule has 0 aromatic heterocycles. The molecule has 0 saturated carbocycles. The van der Waals surface area contributed by atoms with Gasteiger partial charge in [0.2, 0.25) is 21.8 Å². The highest BCUT2D eigenvalue weighted by molar-refractivity contribution is 7.88. The van der Waals surface area contributed by atoms with E-state index in [0.29, 0.717) is 44.0 Å². The number of ether oxygens (including phenoxy) is 1. The maximum absolute atomic E-state index is 12.4. The SMILES string of the molecule is CCN(CCCNC(=O)[C@H]1CC(=O)N(c2cccc(OC)c2)C1)S(C)(=O)=O. The molecule has 0 radical (unpaired) electrons. The third-order valence-electron chi connectivity index (χ3n) is 4.57. The molecule has 1 fully saturated rings. The van der Waals surface area contributed by atoms with E-state index in [1.165, 1.54) is 10.6 Å². The molecule has 2 amide bonds. The molecule has 1 aliphatic rings. The predicted molar refractivity (Wildman–Crippen MR) is 103 cm³/mol. The van der Waals surface area contributed by atoms with Crippen molar-refractivity contribution in [2.75, 3.05) is 44.4 Å². The monoisotopic (exact) mass is 397 g/mol.